The molecule has 0 radical (unpaired) electrons. The van der Waals surface area contributed by atoms with Gasteiger partial charge in [-0.05, 0) is 12.1 Å². The van der Waals surface area contributed by atoms with Crippen LogP contribution in [0.1, 0.15) is 4.88 Å². The van der Waals surface area contributed by atoms with Gasteiger partial charge in [0.1, 0.15) is 0 Å². The van der Waals surface area contributed by atoms with Gasteiger partial charge in [-0.1, -0.05) is 23.4 Å². The van der Waals surface area contributed by atoms with Gasteiger partial charge in [0.25, 0.3) is 0 Å². The summed E-state index contributed by atoms with van der Waals surface area (Å²) >= 11 is 9.20. The van der Waals surface area contributed by atoms with Crippen molar-refractivity contribution in [1.82, 2.24) is 5.32 Å². The molecule has 70 valence electrons. The van der Waals surface area contributed by atoms with Gasteiger partial charge in [-0.15, -0.1) is 11.3 Å². The van der Waals surface area contributed by atoms with Crippen molar-refractivity contribution in [2.45, 2.75) is 6.54 Å². The Labute approximate surface area is 90.4 Å². The molecule has 5 heteroatoms. The highest BCUT2D eigenvalue weighted by molar-refractivity contribution is 8.14. The second-order valence-corrected chi connectivity index (χ2v) is 5.48. The molecule has 13 heavy (non-hydrogen) atoms. The van der Waals surface area contributed by atoms with Crippen molar-refractivity contribution in [3.05, 3.63) is 21.3 Å². The van der Waals surface area contributed by atoms with E-state index in [1.807, 2.05) is 12.1 Å². The van der Waals surface area contributed by atoms with Gasteiger partial charge < -0.3 is 5.32 Å². The SMILES string of the molecule is Clc1ccc(CNC2=NCCS2)s1. The summed E-state index contributed by atoms with van der Waals surface area (Å²) in [5, 5.41) is 4.34. The van der Waals surface area contributed by atoms with Crippen LogP contribution in [-0.2, 0) is 6.54 Å². The maximum absolute atomic E-state index is 5.81. The van der Waals surface area contributed by atoms with Crippen molar-refractivity contribution in [2.75, 3.05) is 12.3 Å². The molecular weight excluding hydrogens is 224 g/mol. The van der Waals surface area contributed by atoms with E-state index in [0.717, 1.165) is 28.3 Å². The molecule has 0 saturated heterocycles. The zero-order chi connectivity index (χ0) is 9.10. The minimum Gasteiger partial charge on any atom is -0.360 e. The highest BCUT2D eigenvalue weighted by atomic mass is 35.5. The third kappa shape index (κ3) is 2.62. The number of aliphatic imine (C=N–C) groups is 1. The summed E-state index contributed by atoms with van der Waals surface area (Å²) in [5.41, 5.74) is 0. The van der Waals surface area contributed by atoms with Gasteiger partial charge >= 0.3 is 0 Å². The summed E-state index contributed by atoms with van der Waals surface area (Å²) in [6.45, 7) is 1.78. The van der Waals surface area contributed by atoms with Crippen LogP contribution in [0.2, 0.25) is 4.34 Å². The fraction of sp³-hybridized carbons (Fsp3) is 0.375. The number of halogens is 1. The van der Waals surface area contributed by atoms with Crippen LogP contribution in [0.15, 0.2) is 17.1 Å². The number of hydrogen-bond donors (Lipinski definition) is 1. The van der Waals surface area contributed by atoms with Gasteiger partial charge in [-0.2, -0.15) is 0 Å². The van der Waals surface area contributed by atoms with Crippen molar-refractivity contribution in [3.63, 3.8) is 0 Å². The molecule has 0 fully saturated rings. The molecule has 1 aromatic heterocycles. The van der Waals surface area contributed by atoms with Crippen LogP contribution in [0.25, 0.3) is 0 Å². The number of nitrogens with one attached hydrogen (secondary N) is 1. The Hall–Kier alpha value is -0.190. The van der Waals surface area contributed by atoms with E-state index in [0.29, 0.717) is 0 Å². The van der Waals surface area contributed by atoms with Gasteiger partial charge in [0.15, 0.2) is 5.17 Å². The Morgan fingerprint density at radius 1 is 1.54 bits per heavy atom. The molecule has 2 nitrogen and oxygen atoms in total. The van der Waals surface area contributed by atoms with E-state index in [4.69, 9.17) is 11.6 Å². The van der Waals surface area contributed by atoms with Crippen LogP contribution < -0.4 is 5.32 Å². The van der Waals surface area contributed by atoms with E-state index < -0.39 is 0 Å². The van der Waals surface area contributed by atoms with Crippen molar-refractivity contribution in [3.8, 4) is 0 Å². The minimum atomic E-state index is 0.837. The molecule has 0 aliphatic carbocycles. The first kappa shape index (κ1) is 9.37. The molecule has 1 aromatic rings. The van der Waals surface area contributed by atoms with E-state index in [1.54, 1.807) is 23.1 Å². The summed E-state index contributed by atoms with van der Waals surface area (Å²) in [6, 6.07) is 3.97. The molecule has 0 spiro atoms. The monoisotopic (exact) mass is 232 g/mol. The Balaban J connectivity index is 1.85. The standard InChI is InChI=1S/C8H9ClN2S2/c9-7-2-1-6(13-7)5-11-8-10-3-4-12-8/h1-2H,3-5H2,(H,10,11). The quantitative estimate of drug-likeness (QED) is 0.848. The number of nitrogens with zero attached hydrogens (tertiary/aromatic N) is 1. The average molecular weight is 233 g/mol. The smallest absolute Gasteiger partial charge is 0.156 e. The topological polar surface area (TPSA) is 24.4 Å². The highest BCUT2D eigenvalue weighted by Gasteiger charge is 2.06. The van der Waals surface area contributed by atoms with Crippen LogP contribution in [0.4, 0.5) is 0 Å². The molecule has 0 saturated carbocycles. The van der Waals surface area contributed by atoms with Crippen LogP contribution in [0, 0.1) is 0 Å². The lowest BCUT2D eigenvalue weighted by Crippen LogP contribution is -2.17. The van der Waals surface area contributed by atoms with Crippen molar-refractivity contribution < 1.29 is 0 Å². The minimum absolute atomic E-state index is 0.837. The van der Waals surface area contributed by atoms with Gasteiger partial charge in [0.05, 0.1) is 17.4 Å². The number of thioether (sulfide) groups is 1. The number of rotatable bonds is 2. The summed E-state index contributed by atoms with van der Waals surface area (Å²) in [6.07, 6.45) is 0. The lowest BCUT2D eigenvalue weighted by molar-refractivity contribution is 0.942. The third-order valence-corrected chi connectivity index (χ3v) is 3.79. The Morgan fingerprint density at radius 3 is 3.08 bits per heavy atom. The molecule has 1 N–H and O–H groups in total. The molecule has 1 aliphatic heterocycles. The van der Waals surface area contributed by atoms with Crippen molar-refractivity contribution in [1.29, 1.82) is 0 Å². The predicted molar refractivity (Wildman–Crippen MR) is 60.9 cm³/mol. The second-order valence-electron chi connectivity index (χ2n) is 2.59. The number of thiophene rings is 1. The average Bonchev–Trinajstić information content (AvgIpc) is 2.71. The van der Waals surface area contributed by atoms with E-state index in [1.165, 1.54) is 4.88 Å². The largest absolute Gasteiger partial charge is 0.360 e. The fourth-order valence-electron chi connectivity index (χ4n) is 1.05. The van der Waals surface area contributed by atoms with E-state index >= 15 is 0 Å². The Bertz CT molecular complexity index is 322. The first-order valence-corrected chi connectivity index (χ1v) is 6.18. The normalized spacial score (nSPS) is 15.9. The fourth-order valence-corrected chi connectivity index (χ4v) is 2.81. The van der Waals surface area contributed by atoms with Gasteiger partial charge in [0.2, 0.25) is 0 Å². The molecule has 0 bridgehead atoms. The van der Waals surface area contributed by atoms with E-state index in [-0.39, 0.29) is 0 Å². The second kappa shape index (κ2) is 4.35. The lowest BCUT2D eigenvalue weighted by atomic mass is 10.5. The molecule has 0 unspecified atom stereocenters. The summed E-state index contributed by atoms with van der Waals surface area (Å²) in [5.74, 6) is 1.10. The summed E-state index contributed by atoms with van der Waals surface area (Å²) in [7, 11) is 0. The maximum atomic E-state index is 5.81. The molecular formula is C8H9ClN2S2. The van der Waals surface area contributed by atoms with Gasteiger partial charge in [-0.25, -0.2) is 0 Å². The molecule has 0 aromatic carbocycles. The van der Waals surface area contributed by atoms with E-state index in [2.05, 4.69) is 10.3 Å². The summed E-state index contributed by atoms with van der Waals surface area (Å²) in [4.78, 5) is 5.55. The Morgan fingerprint density at radius 2 is 2.46 bits per heavy atom. The third-order valence-electron chi connectivity index (χ3n) is 1.63. The number of hydrogen-bond acceptors (Lipinski definition) is 4. The summed E-state index contributed by atoms with van der Waals surface area (Å²) < 4.78 is 0.845. The van der Waals surface area contributed by atoms with Crippen LogP contribution >= 0.6 is 34.7 Å². The molecule has 2 heterocycles. The maximum Gasteiger partial charge on any atom is 0.156 e. The molecule has 2 rings (SSSR count). The van der Waals surface area contributed by atoms with Gasteiger partial charge in [-0.3, -0.25) is 4.99 Å². The van der Waals surface area contributed by atoms with Crippen molar-refractivity contribution in [2.24, 2.45) is 4.99 Å². The lowest BCUT2D eigenvalue weighted by Gasteiger charge is -2.01. The predicted octanol–water partition coefficient (Wildman–Crippen LogP) is 2.59. The molecule has 0 amide bonds. The molecule has 1 aliphatic rings. The highest BCUT2D eigenvalue weighted by Crippen LogP contribution is 2.21. The first-order chi connectivity index (χ1) is 6.34. The zero-order valence-corrected chi connectivity index (χ0v) is 9.31. The Kier molecular flexibility index (Phi) is 3.14. The van der Waals surface area contributed by atoms with Gasteiger partial charge in [0, 0.05) is 10.6 Å². The van der Waals surface area contributed by atoms with Crippen molar-refractivity contribution >= 4 is 39.9 Å². The van der Waals surface area contributed by atoms with E-state index in [9.17, 15) is 0 Å². The number of amidine groups is 1. The zero-order valence-electron chi connectivity index (χ0n) is 6.92. The van der Waals surface area contributed by atoms with Crippen LogP contribution in [-0.4, -0.2) is 17.5 Å². The molecule has 0 atom stereocenters. The first-order valence-electron chi connectivity index (χ1n) is 4.00. The van der Waals surface area contributed by atoms with Crippen LogP contribution in [0.3, 0.4) is 0 Å². The van der Waals surface area contributed by atoms with Crippen LogP contribution in [0.5, 0.6) is 0 Å².